The van der Waals surface area contributed by atoms with E-state index < -0.39 is 0 Å². The highest BCUT2D eigenvalue weighted by atomic mass is 35.5. The highest BCUT2D eigenvalue weighted by Gasteiger charge is 2.12. The van der Waals surface area contributed by atoms with Gasteiger partial charge in [0.05, 0.1) is 11.6 Å². The van der Waals surface area contributed by atoms with Gasteiger partial charge < -0.3 is 14.9 Å². The van der Waals surface area contributed by atoms with E-state index in [0.29, 0.717) is 10.9 Å². The second kappa shape index (κ2) is 7.68. The summed E-state index contributed by atoms with van der Waals surface area (Å²) in [6, 6.07) is 1.88. The zero-order valence-corrected chi connectivity index (χ0v) is 13.0. The topological polar surface area (TPSA) is 39.6 Å². The first kappa shape index (κ1) is 16.2. The molecule has 0 aliphatic carbocycles. The van der Waals surface area contributed by atoms with Crippen molar-refractivity contribution in [2.75, 3.05) is 38.6 Å². The molecule has 0 saturated carbocycles. The number of nitrogens with zero attached hydrogens (tertiary/aromatic N) is 3. The zero-order valence-electron chi connectivity index (χ0n) is 12.2. The van der Waals surface area contributed by atoms with Gasteiger partial charge in [-0.1, -0.05) is 25.4 Å². The summed E-state index contributed by atoms with van der Waals surface area (Å²) >= 11 is 5.99. The maximum Gasteiger partial charge on any atom is 0.128 e. The molecule has 1 aromatic rings. The van der Waals surface area contributed by atoms with Gasteiger partial charge in [0.2, 0.25) is 0 Å². The van der Waals surface area contributed by atoms with Crippen LogP contribution < -0.4 is 4.90 Å². The van der Waals surface area contributed by atoms with Crippen molar-refractivity contribution in [3.05, 3.63) is 22.8 Å². The van der Waals surface area contributed by atoms with E-state index in [2.05, 4.69) is 42.7 Å². The Kier molecular flexibility index (Phi) is 6.55. The van der Waals surface area contributed by atoms with Gasteiger partial charge >= 0.3 is 0 Å². The van der Waals surface area contributed by atoms with Crippen molar-refractivity contribution in [2.45, 2.75) is 20.5 Å². The molecule has 0 saturated heterocycles. The van der Waals surface area contributed by atoms with E-state index in [1.165, 1.54) is 0 Å². The van der Waals surface area contributed by atoms with Crippen LogP contribution in [0.1, 0.15) is 19.4 Å². The predicted octanol–water partition coefficient (Wildman–Crippen LogP) is 2.25. The van der Waals surface area contributed by atoms with Crippen LogP contribution >= 0.6 is 11.6 Å². The van der Waals surface area contributed by atoms with Crippen LogP contribution in [0.2, 0.25) is 5.02 Å². The van der Waals surface area contributed by atoms with Gasteiger partial charge in [0.1, 0.15) is 5.82 Å². The number of likely N-dealkylation sites (N-methyl/N-ethyl adjacent to an activating group) is 1. The van der Waals surface area contributed by atoms with Crippen LogP contribution in [0, 0.1) is 5.92 Å². The average Bonchev–Trinajstić information content (AvgIpc) is 2.34. The Morgan fingerprint density at radius 1 is 1.32 bits per heavy atom. The van der Waals surface area contributed by atoms with Crippen LogP contribution in [-0.2, 0) is 6.61 Å². The fourth-order valence-electron chi connectivity index (χ4n) is 1.82. The normalized spacial score (nSPS) is 11.4. The van der Waals surface area contributed by atoms with Gasteiger partial charge in [-0.25, -0.2) is 4.98 Å². The van der Waals surface area contributed by atoms with Crippen LogP contribution in [0.3, 0.4) is 0 Å². The molecule has 1 rings (SSSR count). The van der Waals surface area contributed by atoms with Crippen molar-refractivity contribution in [2.24, 2.45) is 5.92 Å². The number of aliphatic hydroxyl groups is 1. The van der Waals surface area contributed by atoms with Gasteiger partial charge in [0.15, 0.2) is 0 Å². The molecular weight excluding hydrogens is 262 g/mol. The molecule has 1 heterocycles. The number of aliphatic hydroxyl groups excluding tert-OH is 1. The number of aromatic nitrogens is 1. The Morgan fingerprint density at radius 2 is 2.00 bits per heavy atom. The maximum absolute atomic E-state index is 9.29. The highest BCUT2D eigenvalue weighted by Crippen LogP contribution is 2.21. The van der Waals surface area contributed by atoms with Crippen LogP contribution in [0.5, 0.6) is 0 Å². The highest BCUT2D eigenvalue weighted by molar-refractivity contribution is 6.31. The summed E-state index contributed by atoms with van der Waals surface area (Å²) in [6.45, 7) is 7.12. The Labute approximate surface area is 121 Å². The van der Waals surface area contributed by atoms with Crippen molar-refractivity contribution in [1.29, 1.82) is 0 Å². The molecule has 0 fully saturated rings. The lowest BCUT2D eigenvalue weighted by molar-refractivity contribution is 0.282. The number of rotatable bonds is 7. The minimum atomic E-state index is -0.0580. The third-order valence-electron chi connectivity index (χ3n) is 2.82. The molecule has 0 spiro atoms. The third-order valence-corrected chi connectivity index (χ3v) is 3.16. The maximum atomic E-state index is 9.29. The molecule has 0 aliphatic heterocycles. The molecule has 0 aromatic carbocycles. The monoisotopic (exact) mass is 285 g/mol. The summed E-state index contributed by atoms with van der Waals surface area (Å²) in [6.07, 6.45) is 1.62. The van der Waals surface area contributed by atoms with Crippen LogP contribution in [0.25, 0.3) is 0 Å². The van der Waals surface area contributed by atoms with E-state index in [1.54, 1.807) is 6.20 Å². The van der Waals surface area contributed by atoms with Crippen LogP contribution in [0.4, 0.5) is 5.82 Å². The van der Waals surface area contributed by atoms with Gasteiger partial charge in [0.25, 0.3) is 0 Å². The van der Waals surface area contributed by atoms with Crippen molar-refractivity contribution < 1.29 is 5.11 Å². The van der Waals surface area contributed by atoms with E-state index in [9.17, 15) is 5.11 Å². The van der Waals surface area contributed by atoms with Gasteiger partial charge in [-0.05, 0) is 26.1 Å². The quantitative estimate of drug-likeness (QED) is 0.834. The fourth-order valence-corrected chi connectivity index (χ4v) is 1.99. The first-order valence-corrected chi connectivity index (χ1v) is 6.96. The largest absolute Gasteiger partial charge is 0.392 e. The molecule has 19 heavy (non-hydrogen) atoms. The molecule has 4 nitrogen and oxygen atoms in total. The molecule has 5 heteroatoms. The number of pyridine rings is 1. The zero-order chi connectivity index (χ0) is 14.4. The summed E-state index contributed by atoms with van der Waals surface area (Å²) < 4.78 is 0. The van der Waals surface area contributed by atoms with E-state index in [0.717, 1.165) is 31.0 Å². The summed E-state index contributed by atoms with van der Waals surface area (Å²) in [5, 5.41) is 9.80. The van der Waals surface area contributed by atoms with Gasteiger partial charge in [-0.15, -0.1) is 0 Å². The van der Waals surface area contributed by atoms with Gasteiger partial charge in [-0.2, -0.15) is 0 Å². The summed E-state index contributed by atoms with van der Waals surface area (Å²) in [5.41, 5.74) is 0.727. The SMILES string of the molecule is CC(C)CN(CCN(C)C)c1cc(CO)c(Cl)cn1. The second-order valence-electron chi connectivity index (χ2n) is 5.44. The molecule has 1 aromatic heterocycles. The third kappa shape index (κ3) is 5.35. The molecule has 1 N–H and O–H groups in total. The van der Waals surface area contributed by atoms with Gasteiger partial charge in [0, 0.05) is 31.4 Å². The average molecular weight is 286 g/mol. The first-order valence-electron chi connectivity index (χ1n) is 6.59. The molecule has 0 aliphatic rings. The first-order chi connectivity index (χ1) is 8.93. The van der Waals surface area contributed by atoms with Crippen molar-refractivity contribution >= 4 is 17.4 Å². The lowest BCUT2D eigenvalue weighted by Crippen LogP contribution is -2.35. The van der Waals surface area contributed by atoms with Crippen molar-refractivity contribution in [3.63, 3.8) is 0 Å². The lowest BCUT2D eigenvalue weighted by Gasteiger charge is -2.27. The van der Waals surface area contributed by atoms with E-state index in [1.807, 2.05) is 6.07 Å². The lowest BCUT2D eigenvalue weighted by atomic mass is 10.2. The molecule has 0 bridgehead atoms. The predicted molar refractivity (Wildman–Crippen MR) is 80.8 cm³/mol. The number of hydrogen-bond acceptors (Lipinski definition) is 4. The fraction of sp³-hybridized carbons (Fsp3) is 0.643. The van der Waals surface area contributed by atoms with E-state index in [4.69, 9.17) is 11.6 Å². The molecule has 0 atom stereocenters. The Balaban J connectivity index is 2.89. The summed E-state index contributed by atoms with van der Waals surface area (Å²) in [7, 11) is 4.12. The second-order valence-corrected chi connectivity index (χ2v) is 5.84. The molecule has 108 valence electrons. The minimum Gasteiger partial charge on any atom is -0.392 e. The van der Waals surface area contributed by atoms with Crippen molar-refractivity contribution in [1.82, 2.24) is 9.88 Å². The summed E-state index contributed by atoms with van der Waals surface area (Å²) in [5.74, 6) is 1.43. The van der Waals surface area contributed by atoms with Crippen molar-refractivity contribution in [3.8, 4) is 0 Å². The van der Waals surface area contributed by atoms with Crippen LogP contribution in [0.15, 0.2) is 12.3 Å². The molecule has 0 unspecified atom stereocenters. The summed E-state index contributed by atoms with van der Waals surface area (Å²) in [4.78, 5) is 8.77. The standard InChI is InChI=1S/C14H24ClN3O/c1-11(2)9-18(6-5-17(3)4)14-7-12(10-19)13(15)8-16-14/h7-8,11,19H,5-6,9-10H2,1-4H3. The van der Waals surface area contributed by atoms with Crippen LogP contribution in [-0.4, -0.2) is 48.7 Å². The Morgan fingerprint density at radius 3 is 2.53 bits per heavy atom. The Hall–Kier alpha value is -0.840. The van der Waals surface area contributed by atoms with E-state index >= 15 is 0 Å². The molecular formula is C14H24ClN3O. The molecule has 0 radical (unpaired) electrons. The number of anilines is 1. The number of hydrogen-bond donors (Lipinski definition) is 1. The molecule has 0 amide bonds. The Bertz CT molecular complexity index is 396. The van der Waals surface area contributed by atoms with Gasteiger partial charge in [-0.3, -0.25) is 0 Å². The minimum absolute atomic E-state index is 0.0580. The van der Waals surface area contributed by atoms with E-state index in [-0.39, 0.29) is 6.61 Å². The number of halogens is 1. The smallest absolute Gasteiger partial charge is 0.128 e.